The van der Waals surface area contributed by atoms with E-state index in [9.17, 15) is 4.39 Å². The van der Waals surface area contributed by atoms with E-state index < -0.39 is 0 Å². The number of rotatable bonds is 3. The van der Waals surface area contributed by atoms with Gasteiger partial charge in [-0.3, -0.25) is 0 Å². The van der Waals surface area contributed by atoms with Crippen molar-refractivity contribution in [2.75, 3.05) is 7.05 Å². The summed E-state index contributed by atoms with van der Waals surface area (Å²) < 4.78 is 14.4. The van der Waals surface area contributed by atoms with Gasteiger partial charge in [-0.1, -0.05) is 17.7 Å². The molecule has 1 aromatic carbocycles. The average molecular weight is 349 g/mol. The second-order valence-corrected chi connectivity index (χ2v) is 6.86. The molecule has 1 aromatic heterocycles. The van der Waals surface area contributed by atoms with E-state index in [2.05, 4.69) is 21.2 Å². The molecule has 0 radical (unpaired) electrons. The predicted molar refractivity (Wildman–Crippen MR) is 79.1 cm³/mol. The van der Waals surface area contributed by atoms with Crippen LogP contribution in [0, 0.1) is 12.7 Å². The summed E-state index contributed by atoms with van der Waals surface area (Å²) in [6.07, 6.45) is 0. The monoisotopic (exact) mass is 347 g/mol. The first-order chi connectivity index (χ1) is 8.51. The highest BCUT2D eigenvalue weighted by atomic mass is 79.9. The molecule has 18 heavy (non-hydrogen) atoms. The van der Waals surface area contributed by atoms with Gasteiger partial charge in [0, 0.05) is 4.88 Å². The Hall–Kier alpha value is -0.420. The molecule has 0 aliphatic heterocycles. The van der Waals surface area contributed by atoms with Crippen LogP contribution in [0.2, 0.25) is 5.02 Å². The summed E-state index contributed by atoms with van der Waals surface area (Å²) in [5.41, 5.74) is 1.81. The number of hydrogen-bond acceptors (Lipinski definition) is 2. The molecule has 1 nitrogen and oxygen atoms in total. The van der Waals surface area contributed by atoms with Crippen LogP contribution >= 0.6 is 38.9 Å². The van der Waals surface area contributed by atoms with Crippen LogP contribution in [0.4, 0.5) is 4.39 Å². The summed E-state index contributed by atoms with van der Waals surface area (Å²) in [6.45, 7) is 1.89. The Bertz CT molecular complexity index is 530. The Balaban J connectivity index is 2.44. The first-order valence-corrected chi connectivity index (χ1v) is 7.39. The molecule has 0 spiro atoms. The maximum atomic E-state index is 13.5. The Morgan fingerprint density at radius 1 is 1.33 bits per heavy atom. The van der Waals surface area contributed by atoms with Crippen LogP contribution in [-0.2, 0) is 0 Å². The van der Waals surface area contributed by atoms with E-state index in [4.69, 9.17) is 11.6 Å². The summed E-state index contributed by atoms with van der Waals surface area (Å²) >= 11 is 11.0. The van der Waals surface area contributed by atoms with Gasteiger partial charge in [-0.15, -0.1) is 11.3 Å². The lowest BCUT2D eigenvalue weighted by atomic mass is 10.0. The minimum atomic E-state index is -0.216. The van der Waals surface area contributed by atoms with Crippen molar-refractivity contribution in [2.24, 2.45) is 0 Å². The number of benzene rings is 1. The van der Waals surface area contributed by atoms with Gasteiger partial charge in [-0.2, -0.15) is 0 Å². The molecule has 1 atom stereocenters. The van der Waals surface area contributed by atoms with Crippen molar-refractivity contribution in [2.45, 2.75) is 13.0 Å². The van der Waals surface area contributed by atoms with E-state index in [0.29, 0.717) is 5.02 Å². The molecular weight excluding hydrogens is 337 g/mol. The smallest absolute Gasteiger partial charge is 0.123 e. The van der Waals surface area contributed by atoms with Gasteiger partial charge in [0.25, 0.3) is 0 Å². The fraction of sp³-hybridized carbons (Fsp3) is 0.231. The standard InChI is InChI=1S/C13H12BrClFNS/c1-7-3-8(5-9(16)4-7)12(17-2)11-6-10(15)13(14)18-11/h3-6,12,17H,1-2H3. The Morgan fingerprint density at radius 2 is 2.06 bits per heavy atom. The molecular formula is C13H12BrClFNS. The maximum absolute atomic E-state index is 13.5. The molecule has 96 valence electrons. The summed E-state index contributed by atoms with van der Waals surface area (Å²) in [5.74, 6) is -0.216. The first-order valence-electron chi connectivity index (χ1n) is 5.40. The Labute approximate surface area is 123 Å². The minimum absolute atomic E-state index is 0.0480. The van der Waals surface area contributed by atoms with Crippen LogP contribution in [0.5, 0.6) is 0 Å². The van der Waals surface area contributed by atoms with Crippen LogP contribution in [0.1, 0.15) is 22.0 Å². The van der Waals surface area contributed by atoms with Gasteiger partial charge in [0.15, 0.2) is 0 Å². The third-order valence-corrected chi connectivity index (χ3v) is 5.17. The van der Waals surface area contributed by atoms with Crippen LogP contribution in [0.25, 0.3) is 0 Å². The van der Waals surface area contributed by atoms with Gasteiger partial charge in [0.05, 0.1) is 14.9 Å². The van der Waals surface area contributed by atoms with Crippen molar-refractivity contribution < 1.29 is 4.39 Å². The topological polar surface area (TPSA) is 12.0 Å². The zero-order valence-electron chi connectivity index (χ0n) is 9.93. The van der Waals surface area contributed by atoms with Gasteiger partial charge in [-0.25, -0.2) is 4.39 Å². The molecule has 1 N–H and O–H groups in total. The molecule has 1 unspecified atom stereocenters. The molecule has 0 amide bonds. The highest BCUT2D eigenvalue weighted by molar-refractivity contribution is 9.11. The molecule has 5 heteroatoms. The van der Waals surface area contributed by atoms with Gasteiger partial charge < -0.3 is 5.32 Å². The summed E-state index contributed by atoms with van der Waals surface area (Å²) in [4.78, 5) is 1.05. The molecule has 0 bridgehead atoms. The first kappa shape index (κ1) is 14.0. The number of nitrogens with one attached hydrogen (secondary N) is 1. The zero-order chi connectivity index (χ0) is 13.3. The van der Waals surface area contributed by atoms with E-state index in [1.54, 1.807) is 17.4 Å². The molecule has 0 saturated carbocycles. The largest absolute Gasteiger partial charge is 0.309 e. The summed E-state index contributed by atoms with van der Waals surface area (Å²) in [7, 11) is 1.85. The molecule has 2 aromatic rings. The maximum Gasteiger partial charge on any atom is 0.123 e. The van der Waals surface area contributed by atoms with Crippen molar-refractivity contribution in [3.63, 3.8) is 0 Å². The number of halogens is 3. The highest BCUT2D eigenvalue weighted by Gasteiger charge is 2.17. The third kappa shape index (κ3) is 2.94. The molecule has 1 heterocycles. The molecule has 0 aliphatic rings. The van der Waals surface area contributed by atoms with Crippen LogP contribution in [-0.4, -0.2) is 7.05 Å². The quantitative estimate of drug-likeness (QED) is 0.830. The predicted octanol–water partition coefficient (Wildman–Crippen LogP) is 4.92. The van der Waals surface area contributed by atoms with E-state index >= 15 is 0 Å². The van der Waals surface area contributed by atoms with Gasteiger partial charge in [-0.05, 0) is 59.2 Å². The van der Waals surface area contributed by atoms with Crippen LogP contribution in [0.3, 0.4) is 0 Å². The van der Waals surface area contributed by atoms with Crippen molar-refractivity contribution in [1.29, 1.82) is 0 Å². The van der Waals surface area contributed by atoms with Gasteiger partial charge in [0.2, 0.25) is 0 Å². The SMILES string of the molecule is CNC(c1cc(C)cc(F)c1)c1cc(Cl)c(Br)s1. The lowest BCUT2D eigenvalue weighted by molar-refractivity contribution is 0.616. The molecule has 0 aliphatic carbocycles. The number of hydrogen-bond donors (Lipinski definition) is 1. The highest BCUT2D eigenvalue weighted by Crippen LogP contribution is 2.37. The third-order valence-electron chi connectivity index (χ3n) is 2.64. The van der Waals surface area contributed by atoms with Crippen molar-refractivity contribution >= 4 is 38.9 Å². The minimum Gasteiger partial charge on any atom is -0.309 e. The lowest BCUT2D eigenvalue weighted by Gasteiger charge is -2.15. The van der Waals surface area contributed by atoms with Gasteiger partial charge in [0.1, 0.15) is 5.82 Å². The normalized spacial score (nSPS) is 12.7. The zero-order valence-corrected chi connectivity index (χ0v) is 13.1. The molecule has 0 fully saturated rings. The Kier molecular flexibility index (Phi) is 4.43. The van der Waals surface area contributed by atoms with E-state index in [0.717, 1.165) is 19.8 Å². The Morgan fingerprint density at radius 3 is 2.56 bits per heavy atom. The number of aryl methyl sites for hydroxylation is 1. The van der Waals surface area contributed by atoms with E-state index in [1.807, 2.05) is 26.1 Å². The fourth-order valence-corrected chi connectivity index (χ4v) is 3.80. The summed E-state index contributed by atoms with van der Waals surface area (Å²) in [5, 5.41) is 3.88. The molecule has 2 rings (SSSR count). The number of thiophene rings is 1. The average Bonchev–Trinajstić information content (AvgIpc) is 2.58. The second-order valence-electron chi connectivity index (χ2n) is 4.05. The summed E-state index contributed by atoms with van der Waals surface area (Å²) in [6, 6.07) is 6.90. The van der Waals surface area contributed by atoms with Crippen LogP contribution in [0.15, 0.2) is 28.1 Å². The van der Waals surface area contributed by atoms with Crippen LogP contribution < -0.4 is 5.32 Å². The second kappa shape index (κ2) is 5.70. The van der Waals surface area contributed by atoms with E-state index in [1.165, 1.54) is 6.07 Å². The van der Waals surface area contributed by atoms with Crippen molar-refractivity contribution in [3.05, 3.63) is 54.9 Å². The van der Waals surface area contributed by atoms with Gasteiger partial charge >= 0.3 is 0 Å². The van der Waals surface area contributed by atoms with Crippen molar-refractivity contribution in [3.8, 4) is 0 Å². The molecule has 0 saturated heterocycles. The fourth-order valence-electron chi connectivity index (χ4n) is 1.91. The lowest BCUT2D eigenvalue weighted by Crippen LogP contribution is -2.16. The van der Waals surface area contributed by atoms with E-state index in [-0.39, 0.29) is 11.9 Å². The van der Waals surface area contributed by atoms with Crippen molar-refractivity contribution in [1.82, 2.24) is 5.32 Å².